The van der Waals surface area contributed by atoms with Crippen molar-refractivity contribution < 1.29 is 28.8 Å². The normalized spacial score (nSPS) is 18.0. The second-order valence-corrected chi connectivity index (χ2v) is 5.15. The molecule has 0 saturated carbocycles. The van der Waals surface area contributed by atoms with Crippen LogP contribution in [0.15, 0.2) is 24.3 Å². The number of carbonyl (C=O) groups is 1. The van der Waals surface area contributed by atoms with Crippen LogP contribution in [0.3, 0.4) is 0 Å². The lowest BCUT2D eigenvalue weighted by atomic mass is 10.1. The molecule has 1 fully saturated rings. The number of carbonyl (C=O) groups excluding carboxylic acids is 1. The molecule has 2 rings (SSSR count). The van der Waals surface area contributed by atoms with Crippen molar-refractivity contribution in [2.75, 3.05) is 39.6 Å². The van der Waals surface area contributed by atoms with Crippen LogP contribution < -0.4 is 4.74 Å². The van der Waals surface area contributed by atoms with Crippen LogP contribution in [-0.4, -0.2) is 62.7 Å². The molecule has 1 saturated heterocycles. The molecule has 0 aliphatic carbocycles. The van der Waals surface area contributed by atoms with Crippen molar-refractivity contribution in [3.63, 3.8) is 0 Å². The number of ketones is 1. The van der Waals surface area contributed by atoms with Gasteiger partial charge >= 0.3 is 0 Å². The van der Waals surface area contributed by atoms with Crippen molar-refractivity contribution in [2.45, 2.75) is 19.1 Å². The minimum absolute atomic E-state index is 0.0223. The summed E-state index contributed by atoms with van der Waals surface area (Å²) in [5.74, 6) is 0.533. The summed E-state index contributed by atoms with van der Waals surface area (Å²) >= 11 is 0. The van der Waals surface area contributed by atoms with Gasteiger partial charge < -0.3 is 24.1 Å². The predicted octanol–water partition coefficient (Wildman–Crippen LogP) is 1.06. The number of Topliss-reactive ketones (excluding diaryl/α,β-unsaturated/α-hetero) is 1. The first-order valence-electron chi connectivity index (χ1n) is 7.34. The smallest absolute Gasteiger partial charge is 0.159 e. The Hall–Kier alpha value is -1.47. The minimum atomic E-state index is -0.729. The van der Waals surface area contributed by atoms with E-state index in [9.17, 15) is 9.90 Å². The SMILES string of the molecule is CC(=O)c1cccc(OCC(O)COCCOCC2CO2)c1. The van der Waals surface area contributed by atoms with Gasteiger partial charge in [-0.3, -0.25) is 4.79 Å². The van der Waals surface area contributed by atoms with Gasteiger partial charge in [-0.15, -0.1) is 0 Å². The highest BCUT2D eigenvalue weighted by atomic mass is 16.6. The predicted molar refractivity (Wildman–Crippen MR) is 79.3 cm³/mol. The summed E-state index contributed by atoms with van der Waals surface area (Å²) in [5.41, 5.74) is 0.583. The molecule has 6 heteroatoms. The highest BCUT2D eigenvalue weighted by Crippen LogP contribution is 2.14. The third-order valence-electron chi connectivity index (χ3n) is 3.07. The van der Waals surface area contributed by atoms with Gasteiger partial charge in [0.15, 0.2) is 5.78 Å². The first-order chi connectivity index (χ1) is 10.6. The molecule has 0 spiro atoms. The summed E-state index contributed by atoms with van der Waals surface area (Å²) in [6.45, 7) is 4.06. The molecular weight excluding hydrogens is 288 g/mol. The number of hydrogen-bond acceptors (Lipinski definition) is 6. The van der Waals surface area contributed by atoms with E-state index in [2.05, 4.69) is 0 Å². The van der Waals surface area contributed by atoms with Crippen molar-refractivity contribution in [1.29, 1.82) is 0 Å². The van der Waals surface area contributed by atoms with Crippen LogP contribution in [0.1, 0.15) is 17.3 Å². The number of aliphatic hydroxyl groups excluding tert-OH is 1. The Balaban J connectivity index is 1.55. The van der Waals surface area contributed by atoms with Gasteiger partial charge in [0.1, 0.15) is 24.6 Å². The Morgan fingerprint density at radius 2 is 2.14 bits per heavy atom. The number of aliphatic hydroxyl groups is 1. The van der Waals surface area contributed by atoms with E-state index in [0.29, 0.717) is 31.1 Å². The lowest BCUT2D eigenvalue weighted by Gasteiger charge is -2.13. The molecule has 1 aliphatic heterocycles. The van der Waals surface area contributed by atoms with E-state index >= 15 is 0 Å². The largest absolute Gasteiger partial charge is 0.491 e. The van der Waals surface area contributed by atoms with E-state index in [0.717, 1.165) is 6.61 Å². The minimum Gasteiger partial charge on any atom is -0.491 e. The van der Waals surface area contributed by atoms with Gasteiger partial charge in [0.2, 0.25) is 0 Å². The summed E-state index contributed by atoms with van der Waals surface area (Å²) in [7, 11) is 0. The topological polar surface area (TPSA) is 77.5 Å². The van der Waals surface area contributed by atoms with Crippen molar-refractivity contribution in [3.8, 4) is 5.75 Å². The standard InChI is InChI=1S/C16H22O6/c1-12(17)13-3-2-4-15(7-13)21-9-14(18)8-19-5-6-20-10-16-11-22-16/h2-4,7,14,16,18H,5-6,8-11H2,1H3. The van der Waals surface area contributed by atoms with Gasteiger partial charge in [-0.25, -0.2) is 0 Å². The Morgan fingerprint density at radius 1 is 1.36 bits per heavy atom. The van der Waals surface area contributed by atoms with E-state index in [1.54, 1.807) is 24.3 Å². The molecule has 1 N–H and O–H groups in total. The molecule has 1 aromatic rings. The van der Waals surface area contributed by atoms with Crippen LogP contribution >= 0.6 is 0 Å². The zero-order chi connectivity index (χ0) is 15.8. The average Bonchev–Trinajstić information content (AvgIpc) is 3.33. The number of epoxide rings is 1. The number of hydrogen-bond donors (Lipinski definition) is 1. The van der Waals surface area contributed by atoms with E-state index in [4.69, 9.17) is 18.9 Å². The number of ether oxygens (including phenoxy) is 4. The highest BCUT2D eigenvalue weighted by molar-refractivity contribution is 5.94. The maximum Gasteiger partial charge on any atom is 0.159 e. The summed E-state index contributed by atoms with van der Waals surface area (Å²) in [5, 5.41) is 9.77. The molecule has 0 aromatic heterocycles. The third kappa shape index (κ3) is 6.53. The lowest BCUT2D eigenvalue weighted by molar-refractivity contribution is -0.0124. The molecule has 1 heterocycles. The van der Waals surface area contributed by atoms with Gasteiger partial charge in [-0.1, -0.05) is 12.1 Å². The Kier molecular flexibility index (Phi) is 6.79. The maximum atomic E-state index is 11.3. The molecule has 2 unspecified atom stereocenters. The Labute approximate surface area is 129 Å². The number of benzene rings is 1. The molecule has 0 radical (unpaired) electrons. The maximum absolute atomic E-state index is 11.3. The van der Waals surface area contributed by atoms with E-state index in [1.807, 2.05) is 0 Å². The Morgan fingerprint density at radius 3 is 2.86 bits per heavy atom. The van der Waals surface area contributed by atoms with Crippen LogP contribution in [0.4, 0.5) is 0 Å². The van der Waals surface area contributed by atoms with Gasteiger partial charge in [0.25, 0.3) is 0 Å². The summed E-state index contributed by atoms with van der Waals surface area (Å²) < 4.78 is 21.1. The van der Waals surface area contributed by atoms with Crippen LogP contribution in [0.25, 0.3) is 0 Å². The van der Waals surface area contributed by atoms with Gasteiger partial charge in [-0.05, 0) is 19.1 Å². The van der Waals surface area contributed by atoms with Crippen molar-refractivity contribution in [2.24, 2.45) is 0 Å². The van der Waals surface area contributed by atoms with Crippen LogP contribution in [-0.2, 0) is 14.2 Å². The summed E-state index contributed by atoms with van der Waals surface area (Å²) in [6, 6.07) is 6.87. The molecule has 0 amide bonds. The second-order valence-electron chi connectivity index (χ2n) is 5.15. The molecule has 122 valence electrons. The molecule has 0 bridgehead atoms. The fourth-order valence-electron chi connectivity index (χ4n) is 1.76. The van der Waals surface area contributed by atoms with E-state index < -0.39 is 6.10 Å². The van der Waals surface area contributed by atoms with Gasteiger partial charge in [0.05, 0.1) is 33.0 Å². The lowest BCUT2D eigenvalue weighted by Crippen LogP contribution is -2.24. The van der Waals surface area contributed by atoms with Gasteiger partial charge in [0, 0.05) is 5.56 Å². The zero-order valence-electron chi connectivity index (χ0n) is 12.7. The van der Waals surface area contributed by atoms with Gasteiger partial charge in [-0.2, -0.15) is 0 Å². The zero-order valence-corrected chi connectivity index (χ0v) is 12.7. The molecule has 22 heavy (non-hydrogen) atoms. The van der Waals surface area contributed by atoms with Crippen molar-refractivity contribution in [3.05, 3.63) is 29.8 Å². The fourth-order valence-corrected chi connectivity index (χ4v) is 1.76. The molecule has 1 aromatic carbocycles. The monoisotopic (exact) mass is 310 g/mol. The average molecular weight is 310 g/mol. The highest BCUT2D eigenvalue weighted by Gasteiger charge is 2.21. The molecule has 2 atom stereocenters. The summed E-state index contributed by atoms with van der Waals surface area (Å²) in [6.07, 6.45) is -0.475. The van der Waals surface area contributed by atoms with Crippen LogP contribution in [0, 0.1) is 0 Å². The molecule has 1 aliphatic rings. The summed E-state index contributed by atoms with van der Waals surface area (Å²) in [4.78, 5) is 11.3. The molecular formula is C16H22O6. The number of rotatable bonds is 11. The molecule has 6 nitrogen and oxygen atoms in total. The van der Waals surface area contributed by atoms with E-state index in [-0.39, 0.29) is 25.1 Å². The van der Waals surface area contributed by atoms with Crippen LogP contribution in [0.2, 0.25) is 0 Å². The van der Waals surface area contributed by atoms with E-state index in [1.165, 1.54) is 6.92 Å². The third-order valence-corrected chi connectivity index (χ3v) is 3.07. The first-order valence-corrected chi connectivity index (χ1v) is 7.34. The van der Waals surface area contributed by atoms with Crippen molar-refractivity contribution >= 4 is 5.78 Å². The van der Waals surface area contributed by atoms with Crippen LogP contribution in [0.5, 0.6) is 5.75 Å². The quantitative estimate of drug-likeness (QED) is 0.374. The Bertz CT molecular complexity index is 471. The first kappa shape index (κ1) is 16.9. The second kappa shape index (κ2) is 8.85. The fraction of sp³-hybridized carbons (Fsp3) is 0.562. The van der Waals surface area contributed by atoms with Crippen molar-refractivity contribution in [1.82, 2.24) is 0 Å².